The van der Waals surface area contributed by atoms with Gasteiger partial charge in [0.2, 0.25) is 5.91 Å². The molecular weight excluding hydrogens is 480 g/mol. The van der Waals surface area contributed by atoms with Gasteiger partial charge in [0.25, 0.3) is 11.8 Å². The molecule has 184 valence electrons. The van der Waals surface area contributed by atoms with E-state index < -0.39 is 23.9 Å². The van der Waals surface area contributed by atoms with E-state index in [0.717, 1.165) is 23.3 Å². The number of amides is 4. The molecule has 0 radical (unpaired) electrons. The number of nitrogens with one attached hydrogen (secondary N) is 1. The number of rotatable bonds is 7. The first-order chi connectivity index (χ1) is 17.5. The summed E-state index contributed by atoms with van der Waals surface area (Å²) in [6.07, 6.45) is 2.93. The van der Waals surface area contributed by atoms with Gasteiger partial charge < -0.3 is 10.1 Å². The number of hydrogen-bond donors (Lipinski definition) is 1. The Labute approximate surface area is 211 Å². The molecule has 2 fully saturated rings. The molecule has 1 aromatic heterocycles. The van der Waals surface area contributed by atoms with Gasteiger partial charge in [0.15, 0.2) is 5.13 Å². The Morgan fingerprint density at radius 3 is 2.47 bits per heavy atom. The third kappa shape index (κ3) is 5.13. The molecule has 3 aromatic rings. The van der Waals surface area contributed by atoms with Crippen molar-refractivity contribution >= 4 is 46.0 Å². The van der Waals surface area contributed by atoms with Crippen LogP contribution in [0.5, 0.6) is 0 Å². The smallest absolute Gasteiger partial charge is 0.417 e. The third-order valence-corrected chi connectivity index (χ3v) is 6.79. The normalized spacial score (nSPS) is 17.1. The maximum absolute atomic E-state index is 13.8. The molecule has 4 amide bonds. The van der Waals surface area contributed by atoms with E-state index >= 15 is 0 Å². The number of nitrogens with zero attached hydrogens (tertiary/aromatic N) is 3. The van der Waals surface area contributed by atoms with Crippen LogP contribution in [0.1, 0.15) is 41.6 Å². The van der Waals surface area contributed by atoms with Crippen LogP contribution in [0.2, 0.25) is 0 Å². The van der Waals surface area contributed by atoms with Crippen LogP contribution in [0.15, 0.2) is 66.2 Å². The molecule has 0 bridgehead atoms. The molecule has 5 rings (SSSR count). The topological polar surface area (TPSA) is 109 Å². The minimum absolute atomic E-state index is 0.00899. The van der Waals surface area contributed by atoms with Crippen molar-refractivity contribution in [3.63, 3.8) is 0 Å². The van der Waals surface area contributed by atoms with Crippen molar-refractivity contribution in [2.45, 2.75) is 44.4 Å². The Morgan fingerprint density at radius 2 is 1.81 bits per heavy atom. The second kappa shape index (κ2) is 10.3. The molecule has 1 unspecified atom stereocenters. The van der Waals surface area contributed by atoms with E-state index in [1.165, 1.54) is 16.2 Å². The molecule has 1 atom stereocenters. The minimum atomic E-state index is -1.03. The zero-order chi connectivity index (χ0) is 25.1. The second-order valence-corrected chi connectivity index (χ2v) is 9.51. The molecule has 10 heteroatoms. The third-order valence-electron chi connectivity index (χ3n) is 6.03. The molecule has 2 aliphatic rings. The molecule has 2 heterocycles. The van der Waals surface area contributed by atoms with E-state index in [4.69, 9.17) is 4.74 Å². The van der Waals surface area contributed by atoms with Crippen molar-refractivity contribution in [2.24, 2.45) is 0 Å². The molecular formula is C26H24N4O5S. The SMILES string of the molecule is O=C(NC1CC1)c1ccc(N(C(=O)C2CCC(=O)N2C(=O)OCc2ccccc2)c2nccs2)cc1. The lowest BCUT2D eigenvalue weighted by Gasteiger charge is -2.27. The van der Waals surface area contributed by atoms with Crippen LogP contribution in [0.4, 0.5) is 15.6 Å². The zero-order valence-corrected chi connectivity index (χ0v) is 20.1. The van der Waals surface area contributed by atoms with Crippen LogP contribution in [0.3, 0.4) is 0 Å². The predicted molar refractivity (Wildman–Crippen MR) is 133 cm³/mol. The number of imide groups is 1. The summed E-state index contributed by atoms with van der Waals surface area (Å²) in [4.78, 5) is 58.2. The van der Waals surface area contributed by atoms with Crippen LogP contribution in [-0.2, 0) is 20.9 Å². The molecule has 9 nitrogen and oxygen atoms in total. The van der Waals surface area contributed by atoms with E-state index in [-0.39, 0.29) is 31.4 Å². The zero-order valence-electron chi connectivity index (χ0n) is 19.3. The number of ether oxygens (including phenoxy) is 1. The molecule has 1 saturated carbocycles. The lowest BCUT2D eigenvalue weighted by atomic mass is 10.1. The van der Waals surface area contributed by atoms with Gasteiger partial charge in [-0.25, -0.2) is 14.7 Å². The van der Waals surface area contributed by atoms with E-state index in [0.29, 0.717) is 16.4 Å². The number of carbonyl (C=O) groups is 4. The number of thiazole rings is 1. The standard InChI is InChI=1S/C26H24N4O5S/c31-22-13-12-21(30(22)26(34)35-16-17-4-2-1-3-5-17)24(33)29(25-27-14-15-36-25)20-10-6-18(7-11-20)23(32)28-19-8-9-19/h1-7,10-11,14-15,19,21H,8-9,12-13,16H2,(H,28,32). The highest BCUT2D eigenvalue weighted by Crippen LogP contribution is 2.32. The molecule has 1 saturated heterocycles. The van der Waals surface area contributed by atoms with Crippen molar-refractivity contribution in [1.82, 2.24) is 15.2 Å². The van der Waals surface area contributed by atoms with Gasteiger partial charge in [-0.05, 0) is 49.1 Å². The summed E-state index contributed by atoms with van der Waals surface area (Å²) < 4.78 is 5.36. The Morgan fingerprint density at radius 1 is 1.06 bits per heavy atom. The number of hydrogen-bond acceptors (Lipinski definition) is 7. The number of carbonyl (C=O) groups excluding carboxylic acids is 4. The van der Waals surface area contributed by atoms with E-state index in [1.807, 2.05) is 18.2 Å². The van der Waals surface area contributed by atoms with Crippen LogP contribution >= 0.6 is 11.3 Å². The second-order valence-electron chi connectivity index (χ2n) is 8.64. The average Bonchev–Trinajstić information content (AvgIpc) is 3.38. The fraction of sp³-hybridized carbons (Fsp3) is 0.269. The number of aromatic nitrogens is 1. The minimum Gasteiger partial charge on any atom is -0.444 e. The number of benzene rings is 2. The van der Waals surface area contributed by atoms with Crippen molar-refractivity contribution in [2.75, 3.05) is 4.90 Å². The molecule has 2 aromatic carbocycles. The van der Waals surface area contributed by atoms with Crippen LogP contribution in [-0.4, -0.2) is 45.8 Å². The largest absolute Gasteiger partial charge is 0.444 e. The van der Waals surface area contributed by atoms with E-state index in [1.54, 1.807) is 48.0 Å². The summed E-state index contributed by atoms with van der Waals surface area (Å²) in [5.74, 6) is -1.09. The van der Waals surface area contributed by atoms with Gasteiger partial charge in [0, 0.05) is 29.6 Å². The fourth-order valence-corrected chi connectivity index (χ4v) is 4.67. The van der Waals surface area contributed by atoms with Crippen LogP contribution < -0.4 is 10.2 Å². The van der Waals surface area contributed by atoms with Crippen molar-refractivity contribution < 1.29 is 23.9 Å². The summed E-state index contributed by atoms with van der Waals surface area (Å²) in [7, 11) is 0. The molecule has 36 heavy (non-hydrogen) atoms. The van der Waals surface area contributed by atoms with Gasteiger partial charge in [0.1, 0.15) is 12.6 Å². The van der Waals surface area contributed by atoms with Crippen LogP contribution in [0, 0.1) is 0 Å². The maximum atomic E-state index is 13.8. The highest BCUT2D eigenvalue weighted by Gasteiger charge is 2.44. The van der Waals surface area contributed by atoms with Gasteiger partial charge in [-0.15, -0.1) is 11.3 Å². The van der Waals surface area contributed by atoms with Gasteiger partial charge in [0.05, 0.1) is 5.69 Å². The van der Waals surface area contributed by atoms with Crippen molar-refractivity contribution in [3.05, 3.63) is 77.3 Å². The van der Waals surface area contributed by atoms with Gasteiger partial charge in [-0.2, -0.15) is 0 Å². The van der Waals surface area contributed by atoms with E-state index in [2.05, 4.69) is 10.3 Å². The Kier molecular flexibility index (Phi) is 6.77. The Hall–Kier alpha value is -4.05. The summed E-state index contributed by atoms with van der Waals surface area (Å²) in [6, 6.07) is 14.9. The highest BCUT2D eigenvalue weighted by molar-refractivity contribution is 7.13. The monoisotopic (exact) mass is 504 g/mol. The molecule has 1 aliphatic heterocycles. The lowest BCUT2D eigenvalue weighted by molar-refractivity contribution is -0.132. The van der Waals surface area contributed by atoms with Gasteiger partial charge >= 0.3 is 6.09 Å². The first-order valence-electron chi connectivity index (χ1n) is 11.7. The first kappa shape index (κ1) is 23.7. The van der Waals surface area contributed by atoms with Crippen molar-refractivity contribution in [1.29, 1.82) is 0 Å². The van der Waals surface area contributed by atoms with E-state index in [9.17, 15) is 19.2 Å². The highest BCUT2D eigenvalue weighted by atomic mass is 32.1. The fourth-order valence-electron chi connectivity index (χ4n) is 4.00. The van der Waals surface area contributed by atoms with Gasteiger partial charge in [-0.1, -0.05) is 30.3 Å². The maximum Gasteiger partial charge on any atom is 0.417 e. The summed E-state index contributed by atoms with van der Waals surface area (Å²) in [5.41, 5.74) is 1.74. The molecule has 1 aliphatic carbocycles. The quantitative estimate of drug-likeness (QED) is 0.520. The summed E-state index contributed by atoms with van der Waals surface area (Å²) >= 11 is 1.25. The van der Waals surface area contributed by atoms with Gasteiger partial charge in [-0.3, -0.25) is 19.3 Å². The first-order valence-corrected chi connectivity index (χ1v) is 12.6. The number of likely N-dealkylation sites (tertiary alicyclic amines) is 1. The molecule has 0 spiro atoms. The van der Waals surface area contributed by atoms with Crippen molar-refractivity contribution in [3.8, 4) is 0 Å². The summed E-state index contributed by atoms with van der Waals surface area (Å²) in [5, 5.41) is 5.07. The summed E-state index contributed by atoms with van der Waals surface area (Å²) in [6.45, 7) is -0.00899. The average molecular weight is 505 g/mol. The predicted octanol–water partition coefficient (Wildman–Crippen LogP) is 4.03. The lowest BCUT2D eigenvalue weighted by Crippen LogP contribution is -2.48. The molecule has 1 N–H and O–H groups in total. The van der Waals surface area contributed by atoms with Crippen LogP contribution in [0.25, 0.3) is 0 Å². The Bertz CT molecular complexity index is 1260. The Balaban J connectivity index is 1.36. The number of anilines is 2.